The highest BCUT2D eigenvalue weighted by molar-refractivity contribution is 7.15. The van der Waals surface area contributed by atoms with Gasteiger partial charge in [0, 0.05) is 27.9 Å². The van der Waals surface area contributed by atoms with Gasteiger partial charge in [-0.2, -0.15) is 0 Å². The number of hydrogen-bond acceptors (Lipinski definition) is 2. The molecule has 106 valence electrons. The molecule has 1 nitrogen and oxygen atoms in total. The smallest absolute Gasteiger partial charge is 0.0406 e. The summed E-state index contributed by atoms with van der Waals surface area (Å²) in [6, 6.07) is 22.9. The van der Waals surface area contributed by atoms with Crippen LogP contribution in [0.5, 0.6) is 0 Å². The van der Waals surface area contributed by atoms with Crippen LogP contribution in [-0.2, 0) is 13.1 Å². The van der Waals surface area contributed by atoms with E-state index in [1.54, 1.807) is 0 Å². The maximum absolute atomic E-state index is 5.88. The molecule has 0 spiro atoms. The number of thiophene rings is 1. The van der Waals surface area contributed by atoms with E-state index < -0.39 is 0 Å². The van der Waals surface area contributed by atoms with E-state index in [-0.39, 0.29) is 0 Å². The molecular formula is C18H16ClNS. The Morgan fingerprint density at radius 2 is 1.57 bits per heavy atom. The molecule has 1 aromatic heterocycles. The van der Waals surface area contributed by atoms with Gasteiger partial charge in [0.25, 0.3) is 0 Å². The van der Waals surface area contributed by atoms with Crippen LogP contribution in [0, 0.1) is 0 Å². The van der Waals surface area contributed by atoms with Gasteiger partial charge >= 0.3 is 0 Å². The van der Waals surface area contributed by atoms with E-state index in [0.29, 0.717) is 0 Å². The highest BCUT2D eigenvalue weighted by Crippen LogP contribution is 2.27. The van der Waals surface area contributed by atoms with Crippen molar-refractivity contribution in [3.63, 3.8) is 0 Å². The Kier molecular flexibility index (Phi) is 4.71. The summed E-state index contributed by atoms with van der Waals surface area (Å²) in [4.78, 5) is 2.67. The molecular weight excluding hydrogens is 298 g/mol. The van der Waals surface area contributed by atoms with Crippen LogP contribution >= 0.6 is 22.9 Å². The van der Waals surface area contributed by atoms with E-state index in [1.165, 1.54) is 20.9 Å². The molecule has 0 aliphatic carbocycles. The lowest BCUT2D eigenvalue weighted by Gasteiger charge is -2.03. The number of halogens is 1. The van der Waals surface area contributed by atoms with Crippen molar-refractivity contribution in [2.75, 3.05) is 0 Å². The Hall–Kier alpha value is -1.61. The first-order valence-electron chi connectivity index (χ1n) is 6.90. The summed E-state index contributed by atoms with van der Waals surface area (Å²) >= 11 is 7.72. The number of rotatable bonds is 5. The third-order valence-electron chi connectivity index (χ3n) is 3.26. The van der Waals surface area contributed by atoms with Gasteiger partial charge < -0.3 is 5.32 Å². The van der Waals surface area contributed by atoms with Gasteiger partial charge in [-0.1, -0.05) is 54.1 Å². The fourth-order valence-electron chi connectivity index (χ4n) is 2.16. The van der Waals surface area contributed by atoms with Crippen molar-refractivity contribution in [1.29, 1.82) is 0 Å². The first-order chi connectivity index (χ1) is 10.3. The van der Waals surface area contributed by atoms with Crippen LogP contribution in [0.1, 0.15) is 10.4 Å². The Morgan fingerprint density at radius 1 is 0.810 bits per heavy atom. The molecule has 0 saturated heterocycles. The zero-order valence-corrected chi connectivity index (χ0v) is 13.1. The number of benzene rings is 2. The first kappa shape index (κ1) is 14.3. The molecule has 0 saturated carbocycles. The van der Waals surface area contributed by atoms with Gasteiger partial charge in [0.05, 0.1) is 0 Å². The largest absolute Gasteiger partial charge is 0.308 e. The molecule has 0 aliphatic heterocycles. The van der Waals surface area contributed by atoms with Gasteiger partial charge in [-0.05, 0) is 35.4 Å². The average Bonchev–Trinajstić information content (AvgIpc) is 2.99. The van der Waals surface area contributed by atoms with Crippen molar-refractivity contribution in [2.45, 2.75) is 13.1 Å². The lowest BCUT2D eigenvalue weighted by atomic mass is 10.2. The summed E-state index contributed by atoms with van der Waals surface area (Å²) in [5, 5.41) is 4.25. The summed E-state index contributed by atoms with van der Waals surface area (Å²) in [6.07, 6.45) is 0. The topological polar surface area (TPSA) is 12.0 Å². The lowest BCUT2D eigenvalue weighted by molar-refractivity contribution is 0.701. The monoisotopic (exact) mass is 313 g/mol. The van der Waals surface area contributed by atoms with Crippen LogP contribution in [-0.4, -0.2) is 0 Å². The van der Waals surface area contributed by atoms with Gasteiger partial charge in [-0.3, -0.25) is 0 Å². The Morgan fingerprint density at radius 3 is 2.33 bits per heavy atom. The molecule has 0 fully saturated rings. The molecule has 0 bridgehead atoms. The zero-order chi connectivity index (χ0) is 14.5. The van der Waals surface area contributed by atoms with Crippen molar-refractivity contribution < 1.29 is 0 Å². The van der Waals surface area contributed by atoms with Crippen molar-refractivity contribution in [2.24, 2.45) is 0 Å². The molecule has 21 heavy (non-hydrogen) atoms. The fourth-order valence-corrected chi connectivity index (χ4v) is 3.27. The van der Waals surface area contributed by atoms with Crippen LogP contribution < -0.4 is 5.32 Å². The van der Waals surface area contributed by atoms with E-state index in [4.69, 9.17) is 11.6 Å². The predicted octanol–water partition coefficient (Wildman–Crippen LogP) is 5.36. The van der Waals surface area contributed by atoms with E-state index in [0.717, 1.165) is 18.1 Å². The van der Waals surface area contributed by atoms with E-state index in [2.05, 4.69) is 53.8 Å². The predicted molar refractivity (Wildman–Crippen MR) is 91.8 cm³/mol. The van der Waals surface area contributed by atoms with E-state index in [9.17, 15) is 0 Å². The molecule has 0 unspecified atom stereocenters. The summed E-state index contributed by atoms with van der Waals surface area (Å²) in [5.41, 5.74) is 2.53. The van der Waals surface area contributed by atoms with Gasteiger partial charge in [-0.25, -0.2) is 0 Å². The molecule has 3 heteroatoms. The molecule has 0 radical (unpaired) electrons. The molecule has 1 heterocycles. The van der Waals surface area contributed by atoms with Crippen LogP contribution in [0.25, 0.3) is 10.4 Å². The Balaban J connectivity index is 1.57. The Labute approximate surface area is 134 Å². The summed E-state index contributed by atoms with van der Waals surface area (Å²) in [7, 11) is 0. The van der Waals surface area contributed by atoms with E-state index in [1.807, 2.05) is 29.5 Å². The molecule has 0 amide bonds. The minimum atomic E-state index is 0.782. The molecule has 2 aromatic carbocycles. The highest BCUT2D eigenvalue weighted by atomic mass is 35.5. The van der Waals surface area contributed by atoms with Crippen molar-refractivity contribution in [1.82, 2.24) is 5.32 Å². The quantitative estimate of drug-likeness (QED) is 0.668. The van der Waals surface area contributed by atoms with Gasteiger partial charge in [-0.15, -0.1) is 11.3 Å². The van der Waals surface area contributed by atoms with Crippen LogP contribution in [0.2, 0.25) is 5.02 Å². The first-order valence-corrected chi connectivity index (χ1v) is 8.10. The summed E-state index contributed by atoms with van der Waals surface area (Å²) < 4.78 is 0. The third kappa shape index (κ3) is 3.94. The Bertz CT molecular complexity index is 689. The number of nitrogens with one attached hydrogen (secondary N) is 1. The second-order valence-electron chi connectivity index (χ2n) is 4.86. The standard InChI is InChI=1S/C18H16ClNS/c19-16-8-6-14(7-9-16)12-20-13-17-10-11-18(21-17)15-4-2-1-3-5-15/h1-11,20H,12-13H2. The normalized spacial score (nSPS) is 10.7. The van der Waals surface area contributed by atoms with Crippen LogP contribution in [0.4, 0.5) is 0 Å². The second kappa shape index (κ2) is 6.90. The van der Waals surface area contributed by atoms with Crippen molar-refractivity contribution >= 4 is 22.9 Å². The molecule has 3 rings (SSSR count). The van der Waals surface area contributed by atoms with Gasteiger partial charge in [0.1, 0.15) is 0 Å². The molecule has 0 atom stereocenters. The zero-order valence-electron chi connectivity index (χ0n) is 11.6. The minimum Gasteiger partial charge on any atom is -0.308 e. The maximum Gasteiger partial charge on any atom is 0.0406 e. The van der Waals surface area contributed by atoms with E-state index >= 15 is 0 Å². The fraction of sp³-hybridized carbons (Fsp3) is 0.111. The molecule has 0 aliphatic rings. The van der Waals surface area contributed by atoms with Gasteiger partial charge in [0.15, 0.2) is 0 Å². The van der Waals surface area contributed by atoms with Crippen molar-refractivity contribution in [3.8, 4) is 10.4 Å². The third-order valence-corrected chi connectivity index (χ3v) is 4.65. The number of hydrogen-bond donors (Lipinski definition) is 1. The molecule has 3 aromatic rings. The lowest BCUT2D eigenvalue weighted by Crippen LogP contribution is -2.11. The minimum absolute atomic E-state index is 0.782. The maximum atomic E-state index is 5.88. The van der Waals surface area contributed by atoms with Crippen molar-refractivity contribution in [3.05, 3.63) is 82.2 Å². The second-order valence-corrected chi connectivity index (χ2v) is 6.47. The highest BCUT2D eigenvalue weighted by Gasteiger charge is 2.02. The van der Waals surface area contributed by atoms with Crippen LogP contribution in [0.15, 0.2) is 66.7 Å². The van der Waals surface area contributed by atoms with Crippen LogP contribution in [0.3, 0.4) is 0 Å². The molecule has 1 N–H and O–H groups in total. The summed E-state index contributed by atoms with van der Waals surface area (Å²) in [6.45, 7) is 1.75. The van der Waals surface area contributed by atoms with Gasteiger partial charge in [0.2, 0.25) is 0 Å². The average molecular weight is 314 g/mol. The SMILES string of the molecule is Clc1ccc(CNCc2ccc(-c3ccccc3)s2)cc1. The summed E-state index contributed by atoms with van der Waals surface area (Å²) in [5.74, 6) is 0.